The molecule has 0 bridgehead atoms. The maximum atomic E-state index is 11.7. The third-order valence-electron chi connectivity index (χ3n) is 3.92. The molecule has 0 aromatic rings. The first kappa shape index (κ1) is 23.6. The molecule has 146 valence electrons. The van der Waals surface area contributed by atoms with Gasteiger partial charge in [-0.2, -0.15) is 0 Å². The van der Waals surface area contributed by atoms with Crippen LogP contribution >= 0.6 is 0 Å². The van der Waals surface area contributed by atoms with E-state index in [9.17, 15) is 14.4 Å². The Balaban J connectivity index is 5.49. The molecule has 0 aromatic heterocycles. The van der Waals surface area contributed by atoms with E-state index in [4.69, 9.17) is 13.3 Å². The lowest BCUT2D eigenvalue weighted by Crippen LogP contribution is -2.53. The maximum Gasteiger partial charge on any atom is 0.708 e. The summed E-state index contributed by atoms with van der Waals surface area (Å²) in [7, 11) is -3.77. The fraction of sp³-hybridized carbons (Fsp3) is 0.833. The van der Waals surface area contributed by atoms with E-state index in [-0.39, 0.29) is 5.54 Å². The highest BCUT2D eigenvalue weighted by Gasteiger charge is 2.58. The van der Waals surface area contributed by atoms with Gasteiger partial charge in [-0.15, -0.1) is 0 Å². The summed E-state index contributed by atoms with van der Waals surface area (Å²) in [4.78, 5) is 35.0. The second kappa shape index (κ2) is 12.9. The Morgan fingerprint density at radius 1 is 0.680 bits per heavy atom. The minimum atomic E-state index is -3.77. The van der Waals surface area contributed by atoms with Gasteiger partial charge in [-0.05, 0) is 12.8 Å². The predicted molar refractivity (Wildman–Crippen MR) is 97.7 cm³/mol. The molecule has 25 heavy (non-hydrogen) atoms. The Labute approximate surface area is 153 Å². The summed E-state index contributed by atoms with van der Waals surface area (Å²) in [6.07, 6.45) is 8.60. The molecule has 0 spiro atoms. The summed E-state index contributed by atoms with van der Waals surface area (Å²) in [5.74, 6) is -1.78. The minimum Gasteiger partial charge on any atom is -0.455 e. The molecular formula is C18H34O6Si. The molecule has 0 saturated heterocycles. The third kappa shape index (κ3) is 10.3. The molecule has 6 nitrogen and oxygen atoms in total. The van der Waals surface area contributed by atoms with E-state index < -0.39 is 26.7 Å². The van der Waals surface area contributed by atoms with Gasteiger partial charge in [0.1, 0.15) is 0 Å². The van der Waals surface area contributed by atoms with Crippen molar-refractivity contribution < 1.29 is 27.7 Å². The molecule has 0 radical (unpaired) electrons. The van der Waals surface area contributed by atoms with Gasteiger partial charge in [0, 0.05) is 20.8 Å². The standard InChI is InChI=1S/C18H34O6Si/c1-6-8-10-12-14-18(13-11-9-7-2)25(22-15(3)19,23-16(4)20)24-17(5)21/h18H,6-14H2,1-5H3. The van der Waals surface area contributed by atoms with Crippen molar-refractivity contribution in [2.75, 3.05) is 0 Å². The van der Waals surface area contributed by atoms with E-state index in [2.05, 4.69) is 13.8 Å². The van der Waals surface area contributed by atoms with E-state index in [1.807, 2.05) is 0 Å². The van der Waals surface area contributed by atoms with Crippen LogP contribution in [-0.2, 0) is 27.7 Å². The molecule has 0 aliphatic heterocycles. The Kier molecular flexibility index (Phi) is 12.2. The molecule has 7 heteroatoms. The molecular weight excluding hydrogens is 340 g/mol. The van der Waals surface area contributed by atoms with Gasteiger partial charge in [0.25, 0.3) is 17.9 Å². The van der Waals surface area contributed by atoms with Crippen LogP contribution in [0.3, 0.4) is 0 Å². The molecule has 0 aliphatic carbocycles. The zero-order valence-electron chi connectivity index (χ0n) is 16.4. The van der Waals surface area contributed by atoms with Crippen molar-refractivity contribution in [3.8, 4) is 0 Å². The van der Waals surface area contributed by atoms with Crippen LogP contribution in [0.2, 0.25) is 5.54 Å². The maximum absolute atomic E-state index is 11.7. The highest BCUT2D eigenvalue weighted by molar-refractivity contribution is 6.67. The normalized spacial score (nSPS) is 12.4. The van der Waals surface area contributed by atoms with Crippen LogP contribution in [0.1, 0.15) is 92.4 Å². The van der Waals surface area contributed by atoms with E-state index in [0.717, 1.165) is 44.9 Å². The molecule has 0 heterocycles. The number of carbonyl (C=O) groups is 3. The highest BCUT2D eigenvalue weighted by Crippen LogP contribution is 2.36. The first-order chi connectivity index (χ1) is 11.8. The Morgan fingerprint density at radius 3 is 1.40 bits per heavy atom. The fourth-order valence-electron chi connectivity index (χ4n) is 2.87. The number of rotatable bonds is 13. The lowest BCUT2D eigenvalue weighted by molar-refractivity contribution is -0.148. The van der Waals surface area contributed by atoms with Crippen molar-refractivity contribution in [2.24, 2.45) is 0 Å². The summed E-state index contributed by atoms with van der Waals surface area (Å²) < 4.78 is 16.3. The minimum absolute atomic E-state index is 0.243. The van der Waals surface area contributed by atoms with Gasteiger partial charge in [-0.3, -0.25) is 14.4 Å². The van der Waals surface area contributed by atoms with Gasteiger partial charge >= 0.3 is 8.80 Å². The van der Waals surface area contributed by atoms with Crippen LogP contribution in [0.15, 0.2) is 0 Å². The average molecular weight is 375 g/mol. The van der Waals surface area contributed by atoms with Crippen molar-refractivity contribution in [1.82, 2.24) is 0 Å². The zero-order chi connectivity index (χ0) is 19.3. The third-order valence-corrected chi connectivity index (χ3v) is 7.21. The second-order valence-corrected chi connectivity index (χ2v) is 9.06. The largest absolute Gasteiger partial charge is 0.708 e. The summed E-state index contributed by atoms with van der Waals surface area (Å²) in [5, 5.41) is 0. The molecule has 0 aromatic carbocycles. The molecule has 1 unspecified atom stereocenters. The molecule has 0 fully saturated rings. The zero-order valence-corrected chi connectivity index (χ0v) is 17.4. The summed E-state index contributed by atoms with van der Waals surface area (Å²) in [6, 6.07) is 0. The van der Waals surface area contributed by atoms with Crippen molar-refractivity contribution >= 4 is 26.7 Å². The summed E-state index contributed by atoms with van der Waals surface area (Å²) in [6.45, 7) is 7.97. The van der Waals surface area contributed by atoms with Crippen LogP contribution < -0.4 is 0 Å². The van der Waals surface area contributed by atoms with E-state index in [1.54, 1.807) is 0 Å². The Hall–Kier alpha value is -1.37. The summed E-state index contributed by atoms with van der Waals surface area (Å²) in [5.41, 5.74) is -0.243. The molecule has 1 atom stereocenters. The SMILES string of the molecule is CCCCCCC(CCCCC)[Si](OC(C)=O)(OC(C)=O)OC(C)=O. The average Bonchev–Trinajstić information content (AvgIpc) is 2.47. The second-order valence-electron chi connectivity index (χ2n) is 6.43. The van der Waals surface area contributed by atoms with Crippen LogP contribution in [0, 0.1) is 0 Å². The molecule has 0 N–H and O–H groups in total. The number of carbonyl (C=O) groups excluding carboxylic acids is 3. The lowest BCUT2D eigenvalue weighted by atomic mass is 10.1. The van der Waals surface area contributed by atoms with Gasteiger partial charge < -0.3 is 13.3 Å². The molecule has 0 amide bonds. The van der Waals surface area contributed by atoms with E-state index >= 15 is 0 Å². The Bertz CT molecular complexity index is 383. The van der Waals surface area contributed by atoms with E-state index in [0.29, 0.717) is 12.8 Å². The Morgan fingerprint density at radius 2 is 1.04 bits per heavy atom. The summed E-state index contributed by atoms with van der Waals surface area (Å²) >= 11 is 0. The van der Waals surface area contributed by atoms with Gasteiger partial charge in [0.2, 0.25) is 0 Å². The number of hydrogen-bond acceptors (Lipinski definition) is 6. The van der Waals surface area contributed by atoms with Gasteiger partial charge in [-0.1, -0.05) is 58.8 Å². The van der Waals surface area contributed by atoms with Crippen molar-refractivity contribution in [3.63, 3.8) is 0 Å². The predicted octanol–water partition coefficient (Wildman–Crippen LogP) is 4.54. The topological polar surface area (TPSA) is 78.9 Å². The molecule has 0 saturated carbocycles. The molecule has 0 rings (SSSR count). The van der Waals surface area contributed by atoms with Gasteiger partial charge in [-0.25, -0.2) is 0 Å². The van der Waals surface area contributed by atoms with Crippen LogP contribution in [0.25, 0.3) is 0 Å². The first-order valence-electron chi connectivity index (χ1n) is 9.36. The van der Waals surface area contributed by atoms with E-state index in [1.165, 1.54) is 20.8 Å². The lowest BCUT2D eigenvalue weighted by Gasteiger charge is -2.32. The van der Waals surface area contributed by atoms with Crippen LogP contribution in [0.4, 0.5) is 0 Å². The van der Waals surface area contributed by atoms with Crippen molar-refractivity contribution in [1.29, 1.82) is 0 Å². The quantitative estimate of drug-likeness (QED) is 0.348. The monoisotopic (exact) mass is 374 g/mol. The smallest absolute Gasteiger partial charge is 0.455 e. The van der Waals surface area contributed by atoms with Crippen LogP contribution in [0.5, 0.6) is 0 Å². The van der Waals surface area contributed by atoms with Gasteiger partial charge in [0.05, 0.1) is 5.54 Å². The number of unbranched alkanes of at least 4 members (excludes halogenated alkanes) is 5. The van der Waals surface area contributed by atoms with Crippen molar-refractivity contribution in [2.45, 2.75) is 97.9 Å². The fourth-order valence-corrected chi connectivity index (χ4v) is 5.81. The molecule has 0 aliphatic rings. The first-order valence-corrected chi connectivity index (χ1v) is 11.2. The highest BCUT2D eigenvalue weighted by atomic mass is 28.4. The number of hydrogen-bond donors (Lipinski definition) is 0. The van der Waals surface area contributed by atoms with Crippen LogP contribution in [-0.4, -0.2) is 26.7 Å². The van der Waals surface area contributed by atoms with Gasteiger partial charge in [0.15, 0.2) is 0 Å². The van der Waals surface area contributed by atoms with Crippen molar-refractivity contribution in [3.05, 3.63) is 0 Å².